The van der Waals surface area contributed by atoms with E-state index in [1.54, 1.807) is 32.0 Å². The minimum Gasteiger partial charge on any atom is -0.476 e. The van der Waals surface area contributed by atoms with Crippen LogP contribution in [-0.2, 0) is 16.2 Å². The number of anilines is 1. The fourth-order valence-electron chi connectivity index (χ4n) is 2.09. The third-order valence-corrected chi connectivity index (χ3v) is 3.20. The van der Waals surface area contributed by atoms with Crippen LogP contribution in [0.2, 0.25) is 0 Å². The molecular weight excluding hydrogens is 260 g/mol. The lowest BCUT2D eigenvalue weighted by Crippen LogP contribution is -2.54. The molecule has 1 aliphatic heterocycles. The number of likely N-dealkylation sites (N-methyl/N-ethyl adjacent to an activating group) is 1. The Morgan fingerprint density at radius 2 is 2.15 bits per heavy atom. The smallest absolute Gasteiger partial charge is 0.271 e. The lowest BCUT2D eigenvalue weighted by molar-refractivity contribution is -0.134. The third-order valence-electron chi connectivity index (χ3n) is 3.20. The van der Waals surface area contributed by atoms with Gasteiger partial charge in [-0.1, -0.05) is 6.07 Å². The number of carbonyl (C=O) groups is 2. The lowest BCUT2D eigenvalue weighted by Gasteiger charge is -2.38. The number of aliphatic hydroxyl groups is 1. The fourth-order valence-corrected chi connectivity index (χ4v) is 2.09. The summed E-state index contributed by atoms with van der Waals surface area (Å²) in [6.07, 6.45) is 0. The number of ether oxygens (including phenoxy) is 1. The maximum absolute atomic E-state index is 12.4. The number of nitrogens with one attached hydrogen (secondary N) is 1. The van der Waals surface area contributed by atoms with E-state index in [9.17, 15) is 14.7 Å². The number of hydrogen-bond donors (Lipinski definition) is 2. The number of amides is 2. The Balaban J connectivity index is 2.46. The second kappa shape index (κ2) is 5.13. The molecule has 0 unspecified atom stereocenters. The summed E-state index contributed by atoms with van der Waals surface area (Å²) < 4.78 is 5.69. The summed E-state index contributed by atoms with van der Waals surface area (Å²) in [5, 5.41) is 11.7. The topological polar surface area (TPSA) is 78.9 Å². The molecule has 6 nitrogen and oxygen atoms in total. The summed E-state index contributed by atoms with van der Waals surface area (Å²) in [5.74, 6) is -0.0383. The Bertz CT molecular complexity index is 554. The van der Waals surface area contributed by atoms with Crippen LogP contribution in [0.1, 0.15) is 19.4 Å². The number of aliphatic hydroxyl groups excluding tert-OH is 1. The zero-order valence-corrected chi connectivity index (χ0v) is 11.8. The molecule has 2 rings (SSSR count). The van der Waals surface area contributed by atoms with Crippen molar-refractivity contribution >= 4 is 17.5 Å². The Morgan fingerprint density at radius 3 is 2.75 bits per heavy atom. The lowest BCUT2D eigenvalue weighted by atomic mass is 10.0. The van der Waals surface area contributed by atoms with E-state index in [0.717, 1.165) is 0 Å². The first-order valence-corrected chi connectivity index (χ1v) is 6.34. The Morgan fingerprint density at radius 1 is 1.45 bits per heavy atom. The number of rotatable bonds is 3. The van der Waals surface area contributed by atoms with E-state index in [-0.39, 0.29) is 25.0 Å². The van der Waals surface area contributed by atoms with Crippen LogP contribution in [-0.4, -0.2) is 36.1 Å². The number of hydrogen-bond acceptors (Lipinski definition) is 4. The zero-order valence-electron chi connectivity index (χ0n) is 11.8. The maximum atomic E-state index is 12.4. The molecule has 0 aromatic heterocycles. The van der Waals surface area contributed by atoms with Gasteiger partial charge in [-0.15, -0.1) is 0 Å². The van der Waals surface area contributed by atoms with Crippen LogP contribution in [0, 0.1) is 0 Å². The standard InChI is InChI=1S/C14H18N2O4/c1-14(2)13(19)16(7-12(18)15-3)10-5-4-9(8-17)6-11(10)20-14/h4-6,17H,7-8H2,1-3H3,(H,15,18). The molecule has 0 fully saturated rings. The molecule has 2 N–H and O–H groups in total. The molecule has 1 aliphatic rings. The minimum absolute atomic E-state index is 0.0619. The summed E-state index contributed by atoms with van der Waals surface area (Å²) in [7, 11) is 1.52. The second-order valence-corrected chi connectivity index (χ2v) is 5.14. The molecular formula is C14H18N2O4. The zero-order chi connectivity index (χ0) is 14.9. The van der Waals surface area contributed by atoms with Gasteiger partial charge >= 0.3 is 0 Å². The molecule has 0 bridgehead atoms. The van der Waals surface area contributed by atoms with Gasteiger partial charge in [0.1, 0.15) is 12.3 Å². The first kappa shape index (κ1) is 14.3. The molecule has 1 aromatic rings. The van der Waals surface area contributed by atoms with Crippen LogP contribution in [0.5, 0.6) is 5.75 Å². The average Bonchev–Trinajstić information content (AvgIpc) is 2.42. The van der Waals surface area contributed by atoms with Crippen molar-refractivity contribution in [2.75, 3.05) is 18.5 Å². The molecule has 0 radical (unpaired) electrons. The van der Waals surface area contributed by atoms with E-state index in [0.29, 0.717) is 17.0 Å². The van der Waals surface area contributed by atoms with Crippen LogP contribution in [0.3, 0.4) is 0 Å². The predicted octanol–water partition coefficient (Wildman–Crippen LogP) is 0.429. The normalized spacial score (nSPS) is 16.4. The van der Waals surface area contributed by atoms with Gasteiger partial charge in [0.2, 0.25) is 5.91 Å². The summed E-state index contributed by atoms with van der Waals surface area (Å²) in [5.41, 5.74) is 0.179. The van der Waals surface area contributed by atoms with Crippen LogP contribution >= 0.6 is 0 Å². The van der Waals surface area contributed by atoms with Crippen LogP contribution in [0.4, 0.5) is 5.69 Å². The van der Waals surface area contributed by atoms with E-state index in [4.69, 9.17) is 4.74 Å². The molecule has 20 heavy (non-hydrogen) atoms. The Kier molecular flexibility index (Phi) is 3.67. The van der Waals surface area contributed by atoms with Gasteiger partial charge in [-0.25, -0.2) is 0 Å². The number of carbonyl (C=O) groups excluding carboxylic acids is 2. The molecule has 0 saturated heterocycles. The van der Waals surface area contributed by atoms with E-state index in [2.05, 4.69) is 5.32 Å². The number of benzene rings is 1. The van der Waals surface area contributed by atoms with Gasteiger partial charge in [-0.05, 0) is 31.5 Å². The van der Waals surface area contributed by atoms with Crippen LogP contribution < -0.4 is 15.0 Å². The van der Waals surface area contributed by atoms with Crippen LogP contribution in [0.25, 0.3) is 0 Å². The van der Waals surface area contributed by atoms with Gasteiger partial charge in [-0.2, -0.15) is 0 Å². The highest BCUT2D eigenvalue weighted by Crippen LogP contribution is 2.38. The second-order valence-electron chi connectivity index (χ2n) is 5.14. The minimum atomic E-state index is -1.05. The molecule has 6 heteroatoms. The van der Waals surface area contributed by atoms with E-state index in [1.807, 2.05) is 0 Å². The van der Waals surface area contributed by atoms with Crippen LogP contribution in [0.15, 0.2) is 18.2 Å². The highest BCUT2D eigenvalue weighted by atomic mass is 16.5. The molecule has 0 saturated carbocycles. The Labute approximate surface area is 117 Å². The van der Waals surface area contributed by atoms with Crippen molar-refractivity contribution in [2.24, 2.45) is 0 Å². The summed E-state index contributed by atoms with van der Waals surface area (Å²) >= 11 is 0. The van der Waals surface area contributed by atoms with E-state index >= 15 is 0 Å². The highest BCUT2D eigenvalue weighted by Gasteiger charge is 2.41. The van der Waals surface area contributed by atoms with E-state index < -0.39 is 5.60 Å². The molecule has 1 aromatic carbocycles. The molecule has 108 valence electrons. The average molecular weight is 278 g/mol. The molecule has 0 atom stereocenters. The molecule has 0 spiro atoms. The third kappa shape index (κ3) is 2.46. The van der Waals surface area contributed by atoms with Gasteiger partial charge in [0.05, 0.1) is 12.3 Å². The van der Waals surface area contributed by atoms with Crippen molar-refractivity contribution in [3.8, 4) is 5.75 Å². The highest BCUT2D eigenvalue weighted by molar-refractivity contribution is 6.05. The Hall–Kier alpha value is -2.08. The largest absolute Gasteiger partial charge is 0.476 e. The monoisotopic (exact) mass is 278 g/mol. The van der Waals surface area contributed by atoms with Crippen molar-refractivity contribution in [2.45, 2.75) is 26.1 Å². The van der Waals surface area contributed by atoms with Gasteiger partial charge in [0, 0.05) is 7.05 Å². The van der Waals surface area contributed by atoms with Gasteiger partial charge in [0.25, 0.3) is 5.91 Å². The fraction of sp³-hybridized carbons (Fsp3) is 0.429. The first-order chi connectivity index (χ1) is 9.39. The maximum Gasteiger partial charge on any atom is 0.271 e. The van der Waals surface area contributed by atoms with Crippen molar-refractivity contribution in [3.63, 3.8) is 0 Å². The van der Waals surface area contributed by atoms with Gasteiger partial charge in [-0.3, -0.25) is 14.5 Å². The molecule has 0 aliphatic carbocycles. The van der Waals surface area contributed by atoms with Gasteiger partial charge < -0.3 is 15.2 Å². The first-order valence-electron chi connectivity index (χ1n) is 6.34. The molecule has 2 amide bonds. The SMILES string of the molecule is CNC(=O)CN1C(=O)C(C)(C)Oc2cc(CO)ccc21. The number of fused-ring (bicyclic) bond motifs is 1. The predicted molar refractivity (Wildman–Crippen MR) is 73.5 cm³/mol. The van der Waals surface area contributed by atoms with Crippen molar-refractivity contribution in [1.82, 2.24) is 5.32 Å². The summed E-state index contributed by atoms with van der Waals surface area (Å²) in [6.45, 7) is 3.13. The van der Waals surface area contributed by atoms with E-state index in [1.165, 1.54) is 11.9 Å². The number of nitrogens with zero attached hydrogens (tertiary/aromatic N) is 1. The van der Waals surface area contributed by atoms with Crippen molar-refractivity contribution < 1.29 is 19.4 Å². The van der Waals surface area contributed by atoms with Crippen molar-refractivity contribution in [1.29, 1.82) is 0 Å². The van der Waals surface area contributed by atoms with Gasteiger partial charge in [0.15, 0.2) is 5.60 Å². The molecule has 1 heterocycles. The van der Waals surface area contributed by atoms with Crippen molar-refractivity contribution in [3.05, 3.63) is 23.8 Å². The summed E-state index contributed by atoms with van der Waals surface area (Å²) in [6, 6.07) is 5.06. The summed E-state index contributed by atoms with van der Waals surface area (Å²) in [4.78, 5) is 25.4. The quantitative estimate of drug-likeness (QED) is 0.840.